The van der Waals surface area contributed by atoms with Gasteiger partial charge in [-0.25, -0.2) is 9.59 Å². The fourth-order valence-corrected chi connectivity index (χ4v) is 3.93. The Morgan fingerprint density at radius 3 is 1.97 bits per heavy atom. The van der Waals surface area contributed by atoms with E-state index in [0.717, 1.165) is 20.3 Å². The van der Waals surface area contributed by atoms with E-state index in [1.807, 2.05) is 84.9 Å². The maximum Gasteiger partial charge on any atom is 0.408 e. The Hall–Kier alpha value is -3.40. The Bertz CT molecular complexity index is 1110. The lowest BCUT2D eigenvalue weighted by Crippen LogP contribution is -2.53. The van der Waals surface area contributed by atoms with Crippen molar-refractivity contribution in [3.05, 3.63) is 105 Å². The lowest BCUT2D eigenvalue weighted by molar-refractivity contribution is -0.142. The number of halogens is 1. The second kappa shape index (κ2) is 12.7. The van der Waals surface area contributed by atoms with Gasteiger partial charge in [-0.2, -0.15) is 0 Å². The van der Waals surface area contributed by atoms with Crippen molar-refractivity contribution in [3.8, 4) is 0 Å². The van der Waals surface area contributed by atoms with Gasteiger partial charge >= 0.3 is 12.1 Å². The van der Waals surface area contributed by atoms with Crippen molar-refractivity contribution in [1.82, 2.24) is 10.6 Å². The predicted octanol–water partition coefficient (Wildman–Crippen LogP) is 3.94. The van der Waals surface area contributed by atoms with Crippen LogP contribution >= 0.6 is 22.6 Å². The molecule has 2 amide bonds. The normalized spacial score (nSPS) is 12.3. The number of carboxylic acids is 1. The minimum absolute atomic E-state index is 0.0521. The zero-order chi connectivity index (χ0) is 24.3. The molecule has 0 aliphatic carbocycles. The average Bonchev–Trinajstić information content (AvgIpc) is 2.84. The standard InChI is InChI=1S/C26H25IN2O5/c27-21-14-8-7-13-20(21)16-23(25(31)32)28-24(30)22(15-18-9-3-1-4-10-18)29-26(33)34-17-19-11-5-2-6-12-19/h1-14,22-23H,15-17H2,(H,28,30)(H,29,33)(H,31,32)/t22-,23-/m1/s1. The molecule has 3 aromatic carbocycles. The molecule has 3 N–H and O–H groups in total. The molecule has 0 aliphatic heterocycles. The van der Waals surface area contributed by atoms with Gasteiger partial charge in [0.15, 0.2) is 0 Å². The molecule has 0 fully saturated rings. The average molecular weight is 572 g/mol. The molecule has 0 saturated carbocycles. The van der Waals surface area contributed by atoms with E-state index < -0.39 is 30.1 Å². The van der Waals surface area contributed by atoms with Crippen LogP contribution in [-0.4, -0.2) is 35.2 Å². The summed E-state index contributed by atoms with van der Waals surface area (Å²) in [5, 5.41) is 14.9. The highest BCUT2D eigenvalue weighted by atomic mass is 127. The van der Waals surface area contributed by atoms with Crippen LogP contribution in [0.2, 0.25) is 0 Å². The number of carbonyl (C=O) groups is 3. The number of hydrogen-bond donors (Lipinski definition) is 3. The van der Waals surface area contributed by atoms with E-state index in [1.165, 1.54) is 0 Å². The zero-order valence-corrected chi connectivity index (χ0v) is 20.5. The van der Waals surface area contributed by atoms with E-state index in [2.05, 4.69) is 33.2 Å². The number of benzene rings is 3. The van der Waals surface area contributed by atoms with Gasteiger partial charge in [0.1, 0.15) is 18.7 Å². The Kier molecular flexibility index (Phi) is 9.45. The minimum atomic E-state index is -1.15. The Balaban J connectivity index is 1.70. The van der Waals surface area contributed by atoms with Crippen molar-refractivity contribution < 1.29 is 24.2 Å². The summed E-state index contributed by atoms with van der Waals surface area (Å²) in [5.41, 5.74) is 2.44. The van der Waals surface area contributed by atoms with E-state index >= 15 is 0 Å². The highest BCUT2D eigenvalue weighted by Crippen LogP contribution is 2.14. The molecule has 8 heteroatoms. The van der Waals surface area contributed by atoms with Crippen LogP contribution in [0.3, 0.4) is 0 Å². The third kappa shape index (κ3) is 7.87. The molecule has 0 aliphatic rings. The summed E-state index contributed by atoms with van der Waals surface area (Å²) in [5.74, 6) is -1.75. The maximum atomic E-state index is 13.1. The van der Waals surface area contributed by atoms with Crippen LogP contribution < -0.4 is 10.6 Å². The van der Waals surface area contributed by atoms with Crippen molar-refractivity contribution in [2.75, 3.05) is 0 Å². The Morgan fingerprint density at radius 2 is 1.35 bits per heavy atom. The number of alkyl carbamates (subject to hydrolysis) is 1. The highest BCUT2D eigenvalue weighted by Gasteiger charge is 2.28. The summed E-state index contributed by atoms with van der Waals surface area (Å²) < 4.78 is 6.17. The van der Waals surface area contributed by atoms with Gasteiger partial charge < -0.3 is 20.5 Å². The monoisotopic (exact) mass is 572 g/mol. The highest BCUT2D eigenvalue weighted by molar-refractivity contribution is 14.1. The molecular formula is C26H25IN2O5. The SMILES string of the molecule is O=C(N[C@H](Cc1ccccc1)C(=O)N[C@H](Cc1ccccc1I)C(=O)O)OCc1ccccc1. The molecule has 0 aromatic heterocycles. The molecule has 176 valence electrons. The van der Waals surface area contributed by atoms with Gasteiger partial charge in [-0.3, -0.25) is 4.79 Å². The van der Waals surface area contributed by atoms with Gasteiger partial charge in [-0.05, 0) is 45.3 Å². The number of carboxylic acid groups (broad SMARTS) is 1. The first kappa shape index (κ1) is 25.2. The fraction of sp³-hybridized carbons (Fsp3) is 0.192. The van der Waals surface area contributed by atoms with Gasteiger partial charge in [0.05, 0.1) is 0 Å². The molecule has 3 aromatic rings. The molecule has 0 saturated heterocycles. The molecular weight excluding hydrogens is 547 g/mol. The molecule has 2 atom stereocenters. The lowest BCUT2D eigenvalue weighted by atomic mass is 10.0. The second-order valence-electron chi connectivity index (χ2n) is 7.64. The van der Waals surface area contributed by atoms with E-state index in [0.29, 0.717) is 0 Å². The number of ether oxygens (including phenoxy) is 1. The molecule has 0 heterocycles. The molecule has 7 nitrogen and oxygen atoms in total. The second-order valence-corrected chi connectivity index (χ2v) is 8.81. The van der Waals surface area contributed by atoms with Crippen LogP contribution in [-0.2, 0) is 33.8 Å². The van der Waals surface area contributed by atoms with Crippen molar-refractivity contribution in [2.45, 2.75) is 31.5 Å². The summed E-state index contributed by atoms with van der Waals surface area (Å²) in [6.07, 6.45) is -0.455. The minimum Gasteiger partial charge on any atom is -0.480 e. The first-order chi connectivity index (χ1) is 16.4. The van der Waals surface area contributed by atoms with Gasteiger partial charge in [-0.1, -0.05) is 78.9 Å². The third-order valence-corrected chi connectivity index (χ3v) is 6.15. The molecule has 34 heavy (non-hydrogen) atoms. The molecule has 3 rings (SSSR count). The Labute approximate surface area is 211 Å². The van der Waals surface area contributed by atoms with Crippen LogP contribution in [0.5, 0.6) is 0 Å². The van der Waals surface area contributed by atoms with Crippen LogP contribution in [0.1, 0.15) is 16.7 Å². The van der Waals surface area contributed by atoms with Crippen LogP contribution in [0.4, 0.5) is 4.79 Å². The summed E-state index contributed by atoms with van der Waals surface area (Å²) in [4.78, 5) is 37.4. The van der Waals surface area contributed by atoms with E-state index in [4.69, 9.17) is 4.74 Å². The van der Waals surface area contributed by atoms with Gasteiger partial charge in [0, 0.05) is 16.4 Å². The largest absolute Gasteiger partial charge is 0.480 e. The third-order valence-electron chi connectivity index (χ3n) is 5.10. The molecule has 0 radical (unpaired) electrons. The summed E-state index contributed by atoms with van der Waals surface area (Å²) >= 11 is 2.13. The molecule has 0 unspecified atom stereocenters. The summed E-state index contributed by atoms with van der Waals surface area (Å²) in [7, 11) is 0. The van der Waals surface area contributed by atoms with Crippen molar-refractivity contribution in [2.24, 2.45) is 0 Å². The van der Waals surface area contributed by atoms with Crippen LogP contribution in [0, 0.1) is 3.57 Å². The fourth-order valence-electron chi connectivity index (χ4n) is 3.32. The first-order valence-electron chi connectivity index (χ1n) is 10.7. The molecule has 0 bridgehead atoms. The predicted molar refractivity (Wildman–Crippen MR) is 136 cm³/mol. The van der Waals surface area contributed by atoms with Gasteiger partial charge in [0.25, 0.3) is 0 Å². The number of carbonyl (C=O) groups excluding carboxylic acids is 2. The van der Waals surface area contributed by atoms with Crippen LogP contribution in [0.15, 0.2) is 84.9 Å². The number of hydrogen-bond acceptors (Lipinski definition) is 4. The lowest BCUT2D eigenvalue weighted by Gasteiger charge is -2.22. The maximum absolute atomic E-state index is 13.1. The van der Waals surface area contributed by atoms with Gasteiger partial charge in [-0.15, -0.1) is 0 Å². The number of nitrogens with one attached hydrogen (secondary N) is 2. The first-order valence-corrected chi connectivity index (χ1v) is 11.8. The number of rotatable bonds is 10. The summed E-state index contributed by atoms with van der Waals surface area (Å²) in [6, 6.07) is 23.6. The zero-order valence-electron chi connectivity index (χ0n) is 18.3. The van der Waals surface area contributed by atoms with Crippen molar-refractivity contribution >= 4 is 40.6 Å². The van der Waals surface area contributed by atoms with Crippen molar-refractivity contribution in [3.63, 3.8) is 0 Å². The number of aliphatic carboxylic acids is 1. The van der Waals surface area contributed by atoms with E-state index in [-0.39, 0.29) is 19.4 Å². The summed E-state index contributed by atoms with van der Waals surface area (Å²) in [6.45, 7) is 0.0521. The van der Waals surface area contributed by atoms with Crippen molar-refractivity contribution in [1.29, 1.82) is 0 Å². The smallest absolute Gasteiger partial charge is 0.408 e. The quantitative estimate of drug-likeness (QED) is 0.320. The topological polar surface area (TPSA) is 105 Å². The van der Waals surface area contributed by atoms with Crippen LogP contribution in [0.25, 0.3) is 0 Å². The van der Waals surface area contributed by atoms with E-state index in [9.17, 15) is 19.5 Å². The molecule has 0 spiro atoms. The number of amides is 2. The van der Waals surface area contributed by atoms with E-state index in [1.54, 1.807) is 0 Å². The van der Waals surface area contributed by atoms with Gasteiger partial charge in [0.2, 0.25) is 5.91 Å². The Morgan fingerprint density at radius 1 is 0.765 bits per heavy atom.